The maximum Gasteiger partial charge on any atom is 0.340 e. The van der Waals surface area contributed by atoms with Gasteiger partial charge in [-0.1, -0.05) is 28.1 Å². The summed E-state index contributed by atoms with van der Waals surface area (Å²) in [7, 11) is 0. The van der Waals surface area contributed by atoms with Crippen LogP contribution in [0.15, 0.2) is 54.7 Å². The normalized spacial score (nSPS) is 16.0. The van der Waals surface area contributed by atoms with Crippen molar-refractivity contribution >= 4 is 49.7 Å². The number of hydrogen-bond acceptors (Lipinski definition) is 5. The number of carbonyl (C=O) groups excluding carboxylic acids is 1. The molecule has 7 nitrogen and oxygen atoms in total. The number of amides is 1. The smallest absolute Gasteiger partial charge is 0.340 e. The molecule has 0 saturated carbocycles. The minimum atomic E-state index is -1.02. The van der Waals surface area contributed by atoms with Crippen molar-refractivity contribution in [3.8, 4) is 11.1 Å². The van der Waals surface area contributed by atoms with E-state index in [4.69, 9.17) is 8.83 Å². The van der Waals surface area contributed by atoms with E-state index in [1.807, 2.05) is 37.3 Å². The van der Waals surface area contributed by atoms with E-state index in [0.717, 1.165) is 26.4 Å². The first kappa shape index (κ1) is 22.4. The molecule has 4 aromatic rings. The van der Waals surface area contributed by atoms with Gasteiger partial charge in [0, 0.05) is 32.9 Å². The number of benzene rings is 2. The molecule has 8 heteroatoms. The number of furan rings is 1. The van der Waals surface area contributed by atoms with Crippen LogP contribution < -0.4 is 5.63 Å². The van der Waals surface area contributed by atoms with Crippen LogP contribution in [-0.2, 0) is 16.0 Å². The first-order chi connectivity index (χ1) is 16.3. The zero-order chi connectivity index (χ0) is 24.1. The fraction of sp³-hybridized carbons (Fsp3) is 0.269. The van der Waals surface area contributed by atoms with Gasteiger partial charge in [0.25, 0.3) is 0 Å². The molecule has 0 spiro atoms. The Morgan fingerprint density at radius 3 is 2.56 bits per heavy atom. The average Bonchev–Trinajstić information content (AvgIpc) is 3.46. The van der Waals surface area contributed by atoms with E-state index in [9.17, 15) is 19.5 Å². The summed E-state index contributed by atoms with van der Waals surface area (Å²) in [6.07, 6.45) is 2.54. The first-order valence-electron chi connectivity index (χ1n) is 11.0. The molecule has 1 aliphatic heterocycles. The number of aliphatic carboxylic acids is 1. The maximum absolute atomic E-state index is 12.9. The third-order valence-electron chi connectivity index (χ3n) is 6.68. The number of carboxylic acid groups (broad SMARTS) is 1. The molecular weight excluding hydrogens is 502 g/mol. The molecule has 1 saturated heterocycles. The number of carboxylic acids is 1. The number of carbonyl (C=O) groups is 2. The van der Waals surface area contributed by atoms with Crippen molar-refractivity contribution in [2.45, 2.75) is 39.2 Å². The number of hydrogen-bond donors (Lipinski definition) is 1. The SMILES string of the molecule is Cc1c(CC(=O)N2CCC[C@@H]2C(=O)O)c(=O)oc2c(C)c3occ(-c4ccc(Br)cc4)c3cc12. The van der Waals surface area contributed by atoms with Crippen molar-refractivity contribution in [3.05, 3.63) is 68.2 Å². The molecule has 1 aliphatic rings. The van der Waals surface area contributed by atoms with Crippen molar-refractivity contribution in [2.75, 3.05) is 6.54 Å². The molecule has 3 heterocycles. The minimum Gasteiger partial charge on any atom is -0.480 e. The predicted octanol–water partition coefficient (Wildman–Crippen LogP) is 5.20. The summed E-state index contributed by atoms with van der Waals surface area (Å²) in [4.78, 5) is 38.7. The van der Waals surface area contributed by atoms with Crippen LogP contribution in [-0.4, -0.2) is 34.5 Å². The Kier molecular flexibility index (Phi) is 5.56. The zero-order valence-electron chi connectivity index (χ0n) is 18.7. The Morgan fingerprint density at radius 2 is 1.85 bits per heavy atom. The van der Waals surface area contributed by atoms with Gasteiger partial charge in [-0.3, -0.25) is 4.79 Å². The molecule has 1 amide bonds. The maximum atomic E-state index is 12.9. The van der Waals surface area contributed by atoms with Gasteiger partial charge in [0.1, 0.15) is 17.2 Å². The summed E-state index contributed by atoms with van der Waals surface area (Å²) in [6.45, 7) is 4.01. The Balaban J connectivity index is 1.62. The standard InChI is InChI=1S/C26H22BrNO6/c1-13-17-10-19-20(15-5-7-16(27)8-6-15)12-33-23(19)14(2)24(17)34-26(32)18(13)11-22(29)28-9-3-4-21(28)25(30)31/h5-8,10,12,21H,3-4,9,11H2,1-2H3,(H,30,31)/t21-/m1/s1. The topological polar surface area (TPSA) is 101 Å². The van der Waals surface area contributed by atoms with Gasteiger partial charge in [0.2, 0.25) is 5.91 Å². The quantitative estimate of drug-likeness (QED) is 0.368. The van der Waals surface area contributed by atoms with Gasteiger partial charge in [-0.25, -0.2) is 9.59 Å². The number of nitrogens with zero attached hydrogens (tertiary/aromatic N) is 1. The fourth-order valence-electron chi connectivity index (χ4n) is 4.83. The largest absolute Gasteiger partial charge is 0.480 e. The van der Waals surface area contributed by atoms with Gasteiger partial charge in [0.05, 0.1) is 18.2 Å². The van der Waals surface area contributed by atoms with E-state index in [-0.39, 0.29) is 17.9 Å². The second-order valence-electron chi connectivity index (χ2n) is 8.66. The molecule has 1 atom stereocenters. The highest BCUT2D eigenvalue weighted by Gasteiger charge is 2.34. The Bertz CT molecular complexity index is 1510. The lowest BCUT2D eigenvalue weighted by atomic mass is 9.97. The number of halogens is 1. The Labute approximate surface area is 203 Å². The van der Waals surface area contributed by atoms with Crippen molar-refractivity contribution in [1.29, 1.82) is 0 Å². The third kappa shape index (κ3) is 3.62. The molecule has 0 aliphatic carbocycles. The third-order valence-corrected chi connectivity index (χ3v) is 7.21. The summed E-state index contributed by atoms with van der Waals surface area (Å²) < 4.78 is 12.5. The van der Waals surface area contributed by atoms with Gasteiger partial charge in [-0.05, 0) is 56.0 Å². The van der Waals surface area contributed by atoms with E-state index < -0.39 is 17.6 Å². The highest BCUT2D eigenvalue weighted by Crippen LogP contribution is 2.37. The molecule has 34 heavy (non-hydrogen) atoms. The van der Waals surface area contributed by atoms with Crippen molar-refractivity contribution in [2.24, 2.45) is 0 Å². The summed E-state index contributed by atoms with van der Waals surface area (Å²) in [5.41, 5.74) is 3.98. The molecule has 5 rings (SSSR count). The Morgan fingerprint density at radius 1 is 1.12 bits per heavy atom. The monoisotopic (exact) mass is 523 g/mol. The number of likely N-dealkylation sites (tertiary alicyclic amines) is 1. The van der Waals surface area contributed by atoms with Crippen LogP contribution in [0.25, 0.3) is 33.1 Å². The van der Waals surface area contributed by atoms with Gasteiger partial charge in [0.15, 0.2) is 0 Å². The van der Waals surface area contributed by atoms with Crippen LogP contribution in [0.3, 0.4) is 0 Å². The average molecular weight is 524 g/mol. The molecule has 0 radical (unpaired) electrons. The predicted molar refractivity (Wildman–Crippen MR) is 131 cm³/mol. The van der Waals surface area contributed by atoms with Crippen LogP contribution in [0.5, 0.6) is 0 Å². The molecule has 2 aromatic carbocycles. The summed E-state index contributed by atoms with van der Waals surface area (Å²) >= 11 is 3.45. The lowest BCUT2D eigenvalue weighted by Crippen LogP contribution is -2.41. The van der Waals surface area contributed by atoms with Gasteiger partial charge in [-0.15, -0.1) is 0 Å². The van der Waals surface area contributed by atoms with E-state index >= 15 is 0 Å². The molecule has 0 bridgehead atoms. The van der Waals surface area contributed by atoms with Crippen LogP contribution in [0.4, 0.5) is 0 Å². The van der Waals surface area contributed by atoms with E-state index in [1.54, 1.807) is 13.2 Å². The van der Waals surface area contributed by atoms with E-state index in [0.29, 0.717) is 41.7 Å². The Hall–Kier alpha value is -3.39. The van der Waals surface area contributed by atoms with Crippen LogP contribution in [0.1, 0.15) is 29.5 Å². The molecule has 1 fully saturated rings. The highest BCUT2D eigenvalue weighted by atomic mass is 79.9. The molecule has 174 valence electrons. The van der Waals surface area contributed by atoms with Gasteiger partial charge >= 0.3 is 11.6 Å². The highest BCUT2D eigenvalue weighted by molar-refractivity contribution is 9.10. The van der Waals surface area contributed by atoms with Crippen molar-refractivity contribution in [3.63, 3.8) is 0 Å². The van der Waals surface area contributed by atoms with E-state index in [1.165, 1.54) is 4.90 Å². The molecular formula is C26H22BrNO6. The second kappa shape index (κ2) is 8.43. The van der Waals surface area contributed by atoms with Crippen LogP contribution in [0, 0.1) is 13.8 Å². The van der Waals surface area contributed by atoms with Gasteiger partial charge in [-0.2, -0.15) is 0 Å². The lowest BCUT2D eigenvalue weighted by Gasteiger charge is -2.21. The van der Waals surface area contributed by atoms with Crippen molar-refractivity contribution in [1.82, 2.24) is 4.90 Å². The number of rotatable bonds is 4. The second-order valence-corrected chi connectivity index (χ2v) is 9.58. The fourth-order valence-corrected chi connectivity index (χ4v) is 5.09. The minimum absolute atomic E-state index is 0.198. The number of fused-ring (bicyclic) bond motifs is 2. The summed E-state index contributed by atoms with van der Waals surface area (Å²) in [5, 5.41) is 11.0. The summed E-state index contributed by atoms with van der Waals surface area (Å²) in [6, 6.07) is 8.98. The summed E-state index contributed by atoms with van der Waals surface area (Å²) in [5.74, 6) is -1.40. The zero-order valence-corrected chi connectivity index (χ0v) is 20.3. The number of aryl methyl sites for hydroxylation is 2. The van der Waals surface area contributed by atoms with Gasteiger partial charge < -0.3 is 18.8 Å². The molecule has 0 unspecified atom stereocenters. The van der Waals surface area contributed by atoms with Crippen LogP contribution in [0.2, 0.25) is 0 Å². The van der Waals surface area contributed by atoms with Crippen molar-refractivity contribution < 1.29 is 23.5 Å². The lowest BCUT2D eigenvalue weighted by molar-refractivity contribution is -0.148. The molecule has 1 N–H and O–H groups in total. The first-order valence-corrected chi connectivity index (χ1v) is 11.8. The molecule has 2 aromatic heterocycles. The van der Waals surface area contributed by atoms with E-state index in [2.05, 4.69) is 15.9 Å². The van der Waals surface area contributed by atoms with Crippen LogP contribution >= 0.6 is 15.9 Å².